The monoisotopic (exact) mass is 342 g/mol. The molecule has 0 aliphatic heterocycles. The molecule has 0 saturated heterocycles. The van der Waals surface area contributed by atoms with E-state index in [4.69, 9.17) is 0 Å². The Labute approximate surface area is 106 Å². The molecule has 0 nitrogen and oxygen atoms in total. The van der Waals surface area contributed by atoms with Gasteiger partial charge in [-0.25, -0.2) is 12.1 Å². The second-order valence-electron chi connectivity index (χ2n) is 2.21. The summed E-state index contributed by atoms with van der Waals surface area (Å²) in [6.07, 6.45) is 0. The molecule has 0 aliphatic rings. The van der Waals surface area contributed by atoms with E-state index >= 15 is 0 Å². The van der Waals surface area contributed by atoms with Crippen LogP contribution in [0.5, 0.6) is 0 Å². The SMILES string of the molecule is Br[c-]1[cH-][cH-][cH-][cH-]1.Br[c-]1cccc1.[Fe]. The number of hydrogen-bond donors (Lipinski definition) is 0. The van der Waals surface area contributed by atoms with Crippen LogP contribution in [0.1, 0.15) is 0 Å². The summed E-state index contributed by atoms with van der Waals surface area (Å²) in [5, 5.41) is 0. The summed E-state index contributed by atoms with van der Waals surface area (Å²) in [5.74, 6) is 0. The second-order valence-corrected chi connectivity index (χ2v) is 4.04. The molecular formula is C10H8Br2Fe-6. The number of hydrogen-bond acceptors (Lipinski definition) is 0. The quantitative estimate of drug-likeness (QED) is 0.493. The summed E-state index contributed by atoms with van der Waals surface area (Å²) < 4.78 is 2.31. The Balaban J connectivity index is 0.000000206. The van der Waals surface area contributed by atoms with Crippen molar-refractivity contribution < 1.29 is 17.1 Å². The van der Waals surface area contributed by atoms with Gasteiger partial charge in [0.15, 0.2) is 0 Å². The van der Waals surface area contributed by atoms with E-state index in [0.717, 1.165) is 8.95 Å². The van der Waals surface area contributed by atoms with Crippen LogP contribution >= 0.6 is 31.9 Å². The van der Waals surface area contributed by atoms with E-state index in [0.29, 0.717) is 0 Å². The summed E-state index contributed by atoms with van der Waals surface area (Å²) in [6, 6.07) is 16.0. The summed E-state index contributed by atoms with van der Waals surface area (Å²) in [4.78, 5) is 0. The summed E-state index contributed by atoms with van der Waals surface area (Å²) in [5.41, 5.74) is 0. The minimum atomic E-state index is 0. The standard InChI is InChI=1S/2C5H4Br.Fe/c2*6-5-3-1-2-4-5;/h2*1-4H;/q-5;-1;. The first-order chi connectivity index (χ1) is 5.79. The van der Waals surface area contributed by atoms with E-state index in [1.807, 2.05) is 48.5 Å². The van der Waals surface area contributed by atoms with Crippen LogP contribution in [0.25, 0.3) is 0 Å². The molecule has 0 unspecified atom stereocenters. The minimum absolute atomic E-state index is 0. The molecule has 2 rings (SSSR count). The molecule has 3 heteroatoms. The first kappa shape index (κ1) is 13.2. The molecule has 0 aromatic heterocycles. The average molecular weight is 344 g/mol. The van der Waals surface area contributed by atoms with Crippen LogP contribution in [0.4, 0.5) is 0 Å². The molecule has 13 heavy (non-hydrogen) atoms. The molecule has 0 saturated carbocycles. The first-order valence-electron chi connectivity index (χ1n) is 3.53. The van der Waals surface area contributed by atoms with Gasteiger partial charge in [-0.05, 0) is 0 Å². The summed E-state index contributed by atoms with van der Waals surface area (Å²) >= 11 is 6.56. The molecule has 2 aromatic rings. The molecule has 0 aliphatic carbocycles. The first-order valence-corrected chi connectivity index (χ1v) is 5.12. The van der Waals surface area contributed by atoms with E-state index in [1.165, 1.54) is 0 Å². The maximum absolute atomic E-state index is 3.28. The molecular weight excluding hydrogens is 336 g/mol. The van der Waals surface area contributed by atoms with Crippen LogP contribution < -0.4 is 0 Å². The van der Waals surface area contributed by atoms with Crippen LogP contribution in [-0.4, -0.2) is 0 Å². The fraction of sp³-hybridized carbons (Fsp3) is 0. The van der Waals surface area contributed by atoms with Crippen molar-refractivity contribution in [2.45, 2.75) is 0 Å². The molecule has 0 atom stereocenters. The van der Waals surface area contributed by atoms with Crippen molar-refractivity contribution in [2.75, 3.05) is 0 Å². The second kappa shape index (κ2) is 7.57. The van der Waals surface area contributed by atoms with Gasteiger partial charge in [-0.15, -0.1) is 15.9 Å². The molecule has 0 radical (unpaired) electrons. The molecule has 0 spiro atoms. The number of rotatable bonds is 0. The van der Waals surface area contributed by atoms with Gasteiger partial charge < -0.3 is 44.7 Å². The molecule has 76 valence electrons. The topological polar surface area (TPSA) is 0 Å². The normalized spacial score (nSPS) is 8.15. The van der Waals surface area contributed by atoms with Crippen molar-refractivity contribution in [3.63, 3.8) is 0 Å². The van der Waals surface area contributed by atoms with Gasteiger partial charge in [0.2, 0.25) is 0 Å². The van der Waals surface area contributed by atoms with Crippen molar-refractivity contribution >= 4 is 31.9 Å². The van der Waals surface area contributed by atoms with Gasteiger partial charge in [-0.2, -0.15) is 12.1 Å². The van der Waals surface area contributed by atoms with Crippen molar-refractivity contribution in [1.82, 2.24) is 0 Å². The van der Waals surface area contributed by atoms with E-state index in [-0.39, 0.29) is 17.1 Å². The molecule has 0 heterocycles. The Morgan fingerprint density at radius 2 is 1.38 bits per heavy atom. The van der Waals surface area contributed by atoms with Gasteiger partial charge in [-0.1, -0.05) is 4.47 Å². The Morgan fingerprint density at radius 3 is 1.54 bits per heavy atom. The van der Waals surface area contributed by atoms with Crippen LogP contribution in [-0.2, 0) is 17.1 Å². The molecule has 0 N–H and O–H groups in total. The van der Waals surface area contributed by atoms with Crippen molar-refractivity contribution in [3.05, 3.63) is 57.5 Å². The predicted octanol–water partition coefficient (Wildman–Crippen LogP) is 4.33. The van der Waals surface area contributed by atoms with Crippen molar-refractivity contribution in [1.29, 1.82) is 0 Å². The largest absolute Gasteiger partial charge is 0.747 e. The van der Waals surface area contributed by atoms with Gasteiger partial charge in [0.1, 0.15) is 0 Å². The van der Waals surface area contributed by atoms with Gasteiger partial charge in [0.05, 0.1) is 0 Å². The molecule has 0 fully saturated rings. The number of halogens is 2. The van der Waals surface area contributed by atoms with E-state index in [1.54, 1.807) is 0 Å². The smallest absolute Gasteiger partial charge is 0 e. The maximum atomic E-state index is 3.28. The third kappa shape index (κ3) is 6.28. The fourth-order valence-electron chi connectivity index (χ4n) is 0.701. The molecule has 0 bridgehead atoms. The summed E-state index contributed by atoms with van der Waals surface area (Å²) in [6.45, 7) is 0. The maximum Gasteiger partial charge on any atom is 0 e. The zero-order valence-corrected chi connectivity index (χ0v) is 11.0. The third-order valence-electron chi connectivity index (χ3n) is 1.24. The Bertz CT molecular complexity index is 252. The van der Waals surface area contributed by atoms with Crippen molar-refractivity contribution in [3.8, 4) is 0 Å². The Morgan fingerprint density at radius 1 is 0.923 bits per heavy atom. The fourth-order valence-corrected chi connectivity index (χ4v) is 1.31. The van der Waals surface area contributed by atoms with Crippen LogP contribution in [0.3, 0.4) is 0 Å². The van der Waals surface area contributed by atoms with Crippen LogP contribution in [0, 0.1) is 0 Å². The van der Waals surface area contributed by atoms with Gasteiger partial charge in [0.25, 0.3) is 0 Å². The van der Waals surface area contributed by atoms with Gasteiger partial charge >= 0.3 is 0 Å². The molecule has 0 amide bonds. The Kier molecular flexibility index (Phi) is 7.68. The average Bonchev–Trinajstić information content (AvgIpc) is 2.63. The van der Waals surface area contributed by atoms with Crippen LogP contribution in [0.2, 0.25) is 0 Å². The molecule has 2 aromatic carbocycles. The Hall–Kier alpha value is 0.179. The predicted molar refractivity (Wildman–Crippen MR) is 59.5 cm³/mol. The summed E-state index contributed by atoms with van der Waals surface area (Å²) in [7, 11) is 0. The zero-order valence-electron chi connectivity index (χ0n) is 6.73. The van der Waals surface area contributed by atoms with E-state index in [9.17, 15) is 0 Å². The third-order valence-corrected chi connectivity index (χ3v) is 2.30. The van der Waals surface area contributed by atoms with E-state index < -0.39 is 0 Å². The van der Waals surface area contributed by atoms with Crippen molar-refractivity contribution in [2.24, 2.45) is 0 Å². The van der Waals surface area contributed by atoms with Gasteiger partial charge in [0, 0.05) is 17.1 Å². The van der Waals surface area contributed by atoms with Gasteiger partial charge in [-0.3, -0.25) is 0 Å². The van der Waals surface area contributed by atoms with E-state index in [2.05, 4.69) is 31.9 Å². The van der Waals surface area contributed by atoms with Crippen LogP contribution in [0.15, 0.2) is 57.5 Å². The minimum Gasteiger partial charge on any atom is -0.747 e. The zero-order chi connectivity index (χ0) is 8.81.